The molecular weight excluding hydrogens is 154 g/mol. The predicted molar refractivity (Wildman–Crippen MR) is 45.8 cm³/mol. The predicted octanol–water partition coefficient (Wildman–Crippen LogP) is 1.13. The van der Waals surface area contributed by atoms with Crippen molar-refractivity contribution in [2.24, 2.45) is 0 Å². The second kappa shape index (κ2) is 2.65. The average Bonchev–Trinajstić information content (AvgIpc) is 2.51. The smallest absolute Gasteiger partial charge is 0.212 e. The summed E-state index contributed by atoms with van der Waals surface area (Å²) < 4.78 is 0. The minimum atomic E-state index is 0.556. The molecule has 0 aliphatic rings. The molecule has 0 radical (unpaired) electrons. The Morgan fingerprint density at radius 2 is 2.33 bits per heavy atom. The molecule has 4 nitrogen and oxygen atoms in total. The van der Waals surface area contributed by atoms with E-state index in [9.17, 15) is 4.79 Å². The van der Waals surface area contributed by atoms with E-state index in [1.807, 2.05) is 18.3 Å². The lowest BCUT2D eigenvalue weighted by atomic mass is 10.3. The van der Waals surface area contributed by atoms with Crippen LogP contribution in [0.2, 0.25) is 0 Å². The molecule has 2 rings (SSSR count). The summed E-state index contributed by atoms with van der Waals surface area (Å²) in [6, 6.07) is 5.57. The van der Waals surface area contributed by atoms with Crippen LogP contribution in [-0.4, -0.2) is 16.4 Å². The zero-order valence-corrected chi connectivity index (χ0v) is 6.24. The van der Waals surface area contributed by atoms with Crippen molar-refractivity contribution < 1.29 is 4.79 Å². The fourth-order valence-corrected chi connectivity index (χ4v) is 1.07. The van der Waals surface area contributed by atoms with Crippen LogP contribution < -0.4 is 5.32 Å². The standard InChI is InChI=1S/C8H7N3O/c12-5-10-7-2-1-6-3-4-9-8(6)11-7/h1-5H,(H2,9,10,11,12). The third-order valence-electron chi connectivity index (χ3n) is 1.62. The van der Waals surface area contributed by atoms with Crippen LogP contribution >= 0.6 is 0 Å². The maximum atomic E-state index is 10.1. The number of H-pyrrole nitrogens is 1. The Balaban J connectivity index is 2.52. The van der Waals surface area contributed by atoms with Crippen LogP contribution in [0.15, 0.2) is 24.4 Å². The number of carbonyl (C=O) groups excluding carboxylic acids is 1. The molecule has 60 valence electrons. The molecule has 0 spiro atoms. The second-order valence-corrected chi connectivity index (χ2v) is 2.37. The zero-order chi connectivity index (χ0) is 8.39. The van der Waals surface area contributed by atoms with Crippen LogP contribution in [-0.2, 0) is 4.79 Å². The van der Waals surface area contributed by atoms with Crippen LogP contribution in [0.4, 0.5) is 5.82 Å². The Bertz CT molecular complexity index is 407. The fourth-order valence-electron chi connectivity index (χ4n) is 1.07. The van der Waals surface area contributed by atoms with E-state index in [1.54, 1.807) is 6.07 Å². The molecule has 0 aromatic carbocycles. The van der Waals surface area contributed by atoms with Crippen LogP contribution in [0.3, 0.4) is 0 Å². The molecule has 0 fully saturated rings. The van der Waals surface area contributed by atoms with Crippen molar-refractivity contribution in [3.8, 4) is 0 Å². The molecule has 0 aliphatic heterocycles. The highest BCUT2D eigenvalue weighted by Gasteiger charge is 1.96. The number of hydrogen-bond donors (Lipinski definition) is 2. The van der Waals surface area contributed by atoms with E-state index in [1.165, 1.54) is 0 Å². The van der Waals surface area contributed by atoms with Gasteiger partial charge in [0.2, 0.25) is 6.41 Å². The van der Waals surface area contributed by atoms with Gasteiger partial charge in [-0.1, -0.05) is 0 Å². The number of rotatable bonds is 2. The van der Waals surface area contributed by atoms with Crippen molar-refractivity contribution in [2.45, 2.75) is 0 Å². The third kappa shape index (κ3) is 1.03. The molecule has 0 atom stereocenters. The summed E-state index contributed by atoms with van der Waals surface area (Å²) in [6.07, 6.45) is 2.42. The van der Waals surface area contributed by atoms with Crippen molar-refractivity contribution >= 4 is 23.3 Å². The summed E-state index contributed by atoms with van der Waals surface area (Å²) in [6.45, 7) is 0. The number of anilines is 1. The van der Waals surface area contributed by atoms with Crippen molar-refractivity contribution in [1.82, 2.24) is 9.97 Å². The molecule has 2 N–H and O–H groups in total. The number of hydrogen-bond acceptors (Lipinski definition) is 2. The lowest BCUT2D eigenvalue weighted by Crippen LogP contribution is -1.95. The van der Waals surface area contributed by atoms with Crippen molar-refractivity contribution in [2.75, 3.05) is 5.32 Å². The first kappa shape index (κ1) is 6.84. The van der Waals surface area contributed by atoms with Gasteiger partial charge in [-0.25, -0.2) is 4.98 Å². The van der Waals surface area contributed by atoms with E-state index in [4.69, 9.17) is 0 Å². The van der Waals surface area contributed by atoms with Gasteiger partial charge in [-0.3, -0.25) is 4.79 Å². The van der Waals surface area contributed by atoms with Gasteiger partial charge in [0.1, 0.15) is 11.5 Å². The molecule has 12 heavy (non-hydrogen) atoms. The maximum absolute atomic E-state index is 10.1. The summed E-state index contributed by atoms with van der Waals surface area (Å²) >= 11 is 0. The summed E-state index contributed by atoms with van der Waals surface area (Å²) in [5.74, 6) is 0.556. The number of nitrogens with zero attached hydrogens (tertiary/aromatic N) is 1. The lowest BCUT2D eigenvalue weighted by Gasteiger charge is -1.95. The Morgan fingerprint density at radius 1 is 1.42 bits per heavy atom. The topological polar surface area (TPSA) is 57.8 Å². The van der Waals surface area contributed by atoms with E-state index in [0.717, 1.165) is 11.0 Å². The number of pyridine rings is 1. The first-order valence-corrected chi connectivity index (χ1v) is 3.54. The fraction of sp³-hybridized carbons (Fsp3) is 0. The van der Waals surface area contributed by atoms with Crippen LogP contribution in [0.1, 0.15) is 0 Å². The molecular formula is C8H7N3O. The van der Waals surface area contributed by atoms with Gasteiger partial charge < -0.3 is 10.3 Å². The zero-order valence-electron chi connectivity index (χ0n) is 6.24. The number of nitrogens with one attached hydrogen (secondary N) is 2. The number of aromatic nitrogens is 2. The summed E-state index contributed by atoms with van der Waals surface area (Å²) in [5, 5.41) is 3.51. The second-order valence-electron chi connectivity index (χ2n) is 2.37. The molecule has 1 amide bonds. The van der Waals surface area contributed by atoms with Crippen molar-refractivity contribution in [1.29, 1.82) is 0 Å². The van der Waals surface area contributed by atoms with E-state index >= 15 is 0 Å². The van der Waals surface area contributed by atoms with Gasteiger partial charge >= 0.3 is 0 Å². The molecule has 0 saturated heterocycles. The van der Waals surface area contributed by atoms with E-state index in [2.05, 4.69) is 15.3 Å². The van der Waals surface area contributed by atoms with Gasteiger partial charge in [-0.2, -0.15) is 0 Å². The van der Waals surface area contributed by atoms with E-state index in [0.29, 0.717) is 12.2 Å². The molecule has 4 heteroatoms. The number of aromatic amines is 1. The van der Waals surface area contributed by atoms with Gasteiger partial charge in [-0.05, 0) is 18.2 Å². The molecule has 0 saturated carbocycles. The minimum absolute atomic E-state index is 0.556. The maximum Gasteiger partial charge on any atom is 0.212 e. The van der Waals surface area contributed by atoms with Crippen LogP contribution in [0, 0.1) is 0 Å². The molecule has 0 bridgehead atoms. The summed E-state index contributed by atoms with van der Waals surface area (Å²) in [5.41, 5.74) is 0.779. The number of amides is 1. The average molecular weight is 161 g/mol. The van der Waals surface area contributed by atoms with Crippen LogP contribution in [0.5, 0.6) is 0 Å². The van der Waals surface area contributed by atoms with Gasteiger partial charge in [0, 0.05) is 11.6 Å². The Hall–Kier alpha value is -1.84. The highest BCUT2D eigenvalue weighted by Crippen LogP contribution is 2.12. The van der Waals surface area contributed by atoms with Gasteiger partial charge in [0.15, 0.2) is 0 Å². The third-order valence-corrected chi connectivity index (χ3v) is 1.62. The first-order valence-electron chi connectivity index (χ1n) is 3.54. The lowest BCUT2D eigenvalue weighted by molar-refractivity contribution is -0.105. The Labute approximate surface area is 68.6 Å². The normalized spacial score (nSPS) is 10.0. The van der Waals surface area contributed by atoms with Crippen molar-refractivity contribution in [3.05, 3.63) is 24.4 Å². The van der Waals surface area contributed by atoms with Crippen molar-refractivity contribution in [3.63, 3.8) is 0 Å². The highest BCUT2D eigenvalue weighted by molar-refractivity contribution is 5.79. The summed E-state index contributed by atoms with van der Waals surface area (Å²) in [7, 11) is 0. The minimum Gasteiger partial charge on any atom is -0.346 e. The quantitative estimate of drug-likeness (QED) is 0.648. The van der Waals surface area contributed by atoms with Gasteiger partial charge in [0.25, 0.3) is 0 Å². The van der Waals surface area contributed by atoms with Gasteiger partial charge in [0.05, 0.1) is 0 Å². The molecule has 0 aliphatic carbocycles. The number of carbonyl (C=O) groups is 1. The Morgan fingerprint density at radius 3 is 3.17 bits per heavy atom. The molecule has 2 aromatic heterocycles. The molecule has 2 heterocycles. The molecule has 0 unspecified atom stereocenters. The largest absolute Gasteiger partial charge is 0.346 e. The monoisotopic (exact) mass is 161 g/mol. The van der Waals surface area contributed by atoms with Crippen LogP contribution in [0.25, 0.3) is 11.0 Å². The van der Waals surface area contributed by atoms with Gasteiger partial charge in [-0.15, -0.1) is 0 Å². The Kier molecular flexibility index (Phi) is 1.51. The first-order chi connectivity index (χ1) is 5.90. The van der Waals surface area contributed by atoms with E-state index in [-0.39, 0.29) is 0 Å². The highest BCUT2D eigenvalue weighted by atomic mass is 16.1. The number of fused-ring (bicyclic) bond motifs is 1. The SMILES string of the molecule is O=CNc1ccc2cc[nH]c2n1. The molecule has 2 aromatic rings. The van der Waals surface area contributed by atoms with E-state index < -0.39 is 0 Å². The summed E-state index contributed by atoms with van der Waals surface area (Å²) in [4.78, 5) is 17.2.